The van der Waals surface area contributed by atoms with E-state index in [0.29, 0.717) is 5.16 Å². The number of nitrogens with zero attached hydrogens (tertiary/aromatic N) is 3. The van der Waals surface area contributed by atoms with E-state index < -0.39 is 5.97 Å². The van der Waals surface area contributed by atoms with Gasteiger partial charge >= 0.3 is 5.97 Å². The third-order valence-electron chi connectivity index (χ3n) is 4.87. The minimum Gasteiger partial charge on any atom is -0.462 e. The van der Waals surface area contributed by atoms with Gasteiger partial charge in [0.25, 0.3) is 0 Å². The van der Waals surface area contributed by atoms with Crippen LogP contribution in [0.2, 0.25) is 0 Å². The molecule has 3 rings (SSSR count). The Bertz CT molecular complexity index is 988. The summed E-state index contributed by atoms with van der Waals surface area (Å²) in [6.07, 6.45) is 3.01. The molecule has 152 valence electrons. The molecule has 0 unspecified atom stereocenters. The lowest BCUT2D eigenvalue weighted by atomic mass is 9.83. The summed E-state index contributed by atoms with van der Waals surface area (Å²) in [5.74, 6) is -0.399. The molecule has 1 aromatic heterocycles. The standard InChI is InChI=1S/C21H24N4O3S/c1-5-28-19(27)14-11-23-20(24-18(14)22)29-12-13(26)10-17-21(2,3)15-8-6-7-9-16(15)25(17)4/h6-11H,5,12H2,1-4H3,(H2,22,23,24)/b17-10+. The van der Waals surface area contributed by atoms with Crippen molar-refractivity contribution in [1.29, 1.82) is 0 Å². The fraction of sp³-hybridized carbons (Fsp3) is 0.333. The SMILES string of the molecule is CCOC(=O)c1cnc(SCC(=O)/C=C2/N(C)c3ccccc3C2(C)C)nc1N. The number of rotatable bonds is 6. The number of carbonyl (C=O) groups is 2. The Morgan fingerprint density at radius 1 is 1.31 bits per heavy atom. The van der Waals surface area contributed by atoms with Crippen molar-refractivity contribution in [3.05, 3.63) is 53.4 Å². The van der Waals surface area contributed by atoms with Crippen LogP contribution in [0, 0.1) is 0 Å². The monoisotopic (exact) mass is 412 g/mol. The second-order valence-corrected chi connectivity index (χ2v) is 8.10. The van der Waals surface area contributed by atoms with E-state index in [0.717, 1.165) is 11.4 Å². The predicted octanol–water partition coefficient (Wildman–Crippen LogP) is 3.21. The van der Waals surface area contributed by atoms with Gasteiger partial charge in [-0.15, -0.1) is 0 Å². The van der Waals surface area contributed by atoms with Crippen molar-refractivity contribution in [2.45, 2.75) is 31.3 Å². The highest BCUT2D eigenvalue weighted by Crippen LogP contribution is 2.46. The van der Waals surface area contributed by atoms with Crippen LogP contribution in [0.5, 0.6) is 0 Å². The zero-order valence-corrected chi connectivity index (χ0v) is 17.7. The Balaban J connectivity index is 1.71. The van der Waals surface area contributed by atoms with Crippen molar-refractivity contribution in [2.24, 2.45) is 0 Å². The summed E-state index contributed by atoms with van der Waals surface area (Å²) in [6.45, 7) is 6.17. The van der Waals surface area contributed by atoms with E-state index in [4.69, 9.17) is 10.5 Å². The number of thioether (sulfide) groups is 1. The number of hydrogen-bond acceptors (Lipinski definition) is 8. The van der Waals surface area contributed by atoms with Gasteiger partial charge in [-0.1, -0.05) is 43.8 Å². The summed E-state index contributed by atoms with van der Waals surface area (Å²) < 4.78 is 4.91. The maximum atomic E-state index is 12.6. The van der Waals surface area contributed by atoms with Gasteiger partial charge < -0.3 is 15.4 Å². The number of fused-ring (bicyclic) bond motifs is 1. The number of carbonyl (C=O) groups excluding carboxylic acids is 2. The van der Waals surface area contributed by atoms with Crippen molar-refractivity contribution < 1.29 is 14.3 Å². The number of anilines is 2. The molecule has 7 nitrogen and oxygen atoms in total. The Morgan fingerprint density at radius 2 is 2.03 bits per heavy atom. The number of nitrogen functional groups attached to an aromatic ring is 1. The summed E-state index contributed by atoms with van der Waals surface area (Å²) in [4.78, 5) is 34.7. The molecule has 1 aliphatic heterocycles. The van der Waals surface area contributed by atoms with Crippen LogP contribution >= 0.6 is 11.8 Å². The zero-order valence-electron chi connectivity index (χ0n) is 16.9. The number of likely N-dealkylation sites (N-methyl/N-ethyl adjacent to an activating group) is 1. The van der Waals surface area contributed by atoms with Crippen LogP contribution in [0.3, 0.4) is 0 Å². The number of allylic oxidation sites excluding steroid dienone is 2. The second-order valence-electron chi connectivity index (χ2n) is 7.16. The molecule has 2 N–H and O–H groups in total. The number of nitrogens with two attached hydrogens (primary N) is 1. The molecular formula is C21H24N4O3S. The lowest BCUT2D eigenvalue weighted by Crippen LogP contribution is -2.24. The maximum absolute atomic E-state index is 12.6. The van der Waals surface area contributed by atoms with Crippen LogP contribution in [0.4, 0.5) is 11.5 Å². The molecular weight excluding hydrogens is 388 g/mol. The minimum atomic E-state index is -0.562. The van der Waals surface area contributed by atoms with E-state index in [2.05, 4.69) is 40.8 Å². The van der Waals surface area contributed by atoms with Crippen LogP contribution in [0.15, 0.2) is 47.4 Å². The van der Waals surface area contributed by atoms with Gasteiger partial charge in [0.1, 0.15) is 11.4 Å². The number of esters is 1. The zero-order chi connectivity index (χ0) is 21.2. The quantitative estimate of drug-likeness (QED) is 0.334. The first-order valence-corrected chi connectivity index (χ1v) is 10.2. The average Bonchev–Trinajstić information content (AvgIpc) is 2.87. The summed E-state index contributed by atoms with van der Waals surface area (Å²) in [5, 5.41) is 0.338. The lowest BCUT2D eigenvalue weighted by molar-refractivity contribution is -0.112. The van der Waals surface area contributed by atoms with Crippen molar-refractivity contribution in [2.75, 3.05) is 30.0 Å². The molecule has 0 atom stereocenters. The molecule has 0 saturated heterocycles. The topological polar surface area (TPSA) is 98.4 Å². The summed E-state index contributed by atoms with van der Waals surface area (Å²) in [6, 6.07) is 8.15. The van der Waals surface area contributed by atoms with E-state index in [9.17, 15) is 9.59 Å². The number of hydrogen-bond donors (Lipinski definition) is 1. The number of para-hydroxylation sites is 1. The number of benzene rings is 1. The van der Waals surface area contributed by atoms with Crippen molar-refractivity contribution >= 4 is 35.0 Å². The summed E-state index contributed by atoms with van der Waals surface area (Å²) in [5.41, 5.74) is 8.94. The molecule has 2 heterocycles. The summed E-state index contributed by atoms with van der Waals surface area (Å²) >= 11 is 1.18. The molecule has 8 heteroatoms. The molecule has 0 fully saturated rings. The molecule has 0 amide bonds. The van der Waals surface area contributed by atoms with Crippen LogP contribution in [0.25, 0.3) is 0 Å². The highest BCUT2D eigenvalue weighted by Gasteiger charge is 2.38. The molecule has 0 aliphatic carbocycles. The molecule has 2 aromatic rings. The second kappa shape index (κ2) is 8.24. The first-order chi connectivity index (χ1) is 13.8. The van der Waals surface area contributed by atoms with Gasteiger partial charge in [0.2, 0.25) is 0 Å². The largest absolute Gasteiger partial charge is 0.462 e. The number of aromatic nitrogens is 2. The third-order valence-corrected chi connectivity index (χ3v) is 5.76. The number of ketones is 1. The fourth-order valence-electron chi connectivity index (χ4n) is 3.40. The summed E-state index contributed by atoms with van der Waals surface area (Å²) in [7, 11) is 1.97. The van der Waals surface area contributed by atoms with E-state index in [1.54, 1.807) is 13.0 Å². The third kappa shape index (κ3) is 4.12. The molecule has 0 spiro atoms. The Labute approximate surface area is 174 Å². The normalized spacial score (nSPS) is 16.0. The van der Waals surface area contributed by atoms with Gasteiger partial charge in [-0.25, -0.2) is 14.8 Å². The van der Waals surface area contributed by atoms with E-state index >= 15 is 0 Å². The van der Waals surface area contributed by atoms with Crippen LogP contribution in [0.1, 0.15) is 36.7 Å². The first-order valence-electron chi connectivity index (χ1n) is 9.26. The highest BCUT2D eigenvalue weighted by atomic mass is 32.2. The van der Waals surface area contributed by atoms with Crippen LogP contribution < -0.4 is 10.6 Å². The van der Waals surface area contributed by atoms with Gasteiger partial charge in [0.15, 0.2) is 10.9 Å². The van der Waals surface area contributed by atoms with E-state index in [-0.39, 0.29) is 34.9 Å². The lowest BCUT2D eigenvalue weighted by Gasteiger charge is -2.23. The average molecular weight is 413 g/mol. The fourth-order valence-corrected chi connectivity index (χ4v) is 4.05. The van der Waals surface area contributed by atoms with Crippen molar-refractivity contribution in [3.63, 3.8) is 0 Å². The van der Waals surface area contributed by atoms with E-state index in [1.165, 1.54) is 23.5 Å². The van der Waals surface area contributed by atoms with Crippen molar-refractivity contribution in [3.8, 4) is 0 Å². The molecule has 29 heavy (non-hydrogen) atoms. The minimum absolute atomic E-state index is 0.0406. The maximum Gasteiger partial charge on any atom is 0.343 e. The highest BCUT2D eigenvalue weighted by molar-refractivity contribution is 7.99. The first kappa shape index (κ1) is 20.9. The van der Waals surface area contributed by atoms with Gasteiger partial charge in [-0.2, -0.15) is 0 Å². The van der Waals surface area contributed by atoms with Gasteiger partial charge in [0, 0.05) is 36.1 Å². The predicted molar refractivity (Wildman–Crippen MR) is 114 cm³/mol. The molecule has 1 aliphatic rings. The smallest absolute Gasteiger partial charge is 0.343 e. The Morgan fingerprint density at radius 3 is 2.69 bits per heavy atom. The van der Waals surface area contributed by atoms with E-state index in [1.807, 2.05) is 19.2 Å². The van der Waals surface area contributed by atoms with Crippen LogP contribution in [-0.2, 0) is 14.9 Å². The molecule has 0 saturated carbocycles. The number of ether oxygens (including phenoxy) is 1. The molecule has 1 aromatic carbocycles. The Kier molecular flexibility index (Phi) is 5.93. The van der Waals surface area contributed by atoms with Crippen LogP contribution in [-0.4, -0.2) is 41.1 Å². The van der Waals surface area contributed by atoms with Gasteiger partial charge in [0.05, 0.1) is 12.4 Å². The van der Waals surface area contributed by atoms with Gasteiger partial charge in [-0.05, 0) is 18.6 Å². The molecule has 0 bridgehead atoms. The van der Waals surface area contributed by atoms with Gasteiger partial charge in [-0.3, -0.25) is 4.79 Å². The van der Waals surface area contributed by atoms with Crippen molar-refractivity contribution in [1.82, 2.24) is 9.97 Å². The molecule has 0 radical (unpaired) electrons. The Hall–Kier alpha value is -2.87.